The fourth-order valence-electron chi connectivity index (χ4n) is 4.91. The molecule has 184 valence electrons. The highest BCUT2D eigenvalue weighted by molar-refractivity contribution is 6.30. The molecule has 6 rings (SSSR count). The fourth-order valence-corrected chi connectivity index (χ4v) is 5.03. The number of fused-ring (bicyclic) bond motifs is 3. The molecule has 0 bridgehead atoms. The Bertz CT molecular complexity index is 1590. The Morgan fingerprint density at radius 1 is 1.00 bits per heavy atom. The van der Waals surface area contributed by atoms with Gasteiger partial charge in [0.25, 0.3) is 0 Å². The largest absolute Gasteiger partial charge is 0.322 e. The molecule has 6 nitrogen and oxygen atoms in total. The molecule has 0 saturated carbocycles. The summed E-state index contributed by atoms with van der Waals surface area (Å²) in [4.78, 5) is 15.6. The lowest BCUT2D eigenvalue weighted by atomic mass is 10.0. The topological polar surface area (TPSA) is 55.1 Å². The molecule has 3 aromatic carbocycles. The molecule has 0 radical (unpaired) electrons. The van der Waals surface area contributed by atoms with E-state index in [1.54, 1.807) is 17.0 Å². The van der Waals surface area contributed by atoms with Crippen LogP contribution in [-0.2, 0) is 6.54 Å². The van der Waals surface area contributed by atoms with E-state index in [9.17, 15) is 9.18 Å². The average Bonchev–Trinajstić information content (AvgIpc) is 3.46. The number of halogens is 2. The zero-order valence-corrected chi connectivity index (χ0v) is 20.7. The number of aryl methyl sites for hydroxylation is 1. The number of nitrogens with zero attached hydrogens (tertiary/aromatic N) is 4. The smallest absolute Gasteiger partial charge is 0.308 e. The lowest BCUT2D eigenvalue weighted by Crippen LogP contribution is -2.38. The van der Waals surface area contributed by atoms with Crippen molar-refractivity contribution < 1.29 is 9.18 Å². The normalized spacial score (nSPS) is 14.6. The maximum atomic E-state index is 13.9. The number of hydrogen-bond acceptors (Lipinski definition) is 2. The van der Waals surface area contributed by atoms with Gasteiger partial charge in [0.05, 0.1) is 29.7 Å². The average molecular weight is 512 g/mol. The van der Waals surface area contributed by atoms with Gasteiger partial charge >= 0.3 is 6.03 Å². The van der Waals surface area contributed by atoms with Gasteiger partial charge in [0.15, 0.2) is 0 Å². The molecule has 1 atom stereocenters. The first kappa shape index (κ1) is 23.1. The fraction of sp³-hybridized carbons (Fsp3) is 0.103. The number of amides is 2. The second-order valence-corrected chi connectivity index (χ2v) is 9.40. The van der Waals surface area contributed by atoms with Crippen molar-refractivity contribution in [2.45, 2.75) is 19.5 Å². The van der Waals surface area contributed by atoms with Crippen LogP contribution in [0.2, 0.25) is 5.02 Å². The molecule has 1 N–H and O–H groups in total. The second-order valence-electron chi connectivity index (χ2n) is 8.96. The third-order valence-electron chi connectivity index (χ3n) is 6.61. The molecule has 0 spiro atoms. The summed E-state index contributed by atoms with van der Waals surface area (Å²) in [5.74, 6) is 0.461. The van der Waals surface area contributed by atoms with Crippen LogP contribution in [0.3, 0.4) is 0 Å². The summed E-state index contributed by atoms with van der Waals surface area (Å²) in [6.45, 7) is 2.25. The monoisotopic (exact) mass is 511 g/mol. The summed E-state index contributed by atoms with van der Waals surface area (Å²) in [5, 5.41) is 8.35. The molecular formula is C29H23ClFN5O. The molecule has 0 aliphatic carbocycles. The predicted octanol–water partition coefficient (Wildman–Crippen LogP) is 6.90. The van der Waals surface area contributed by atoms with Crippen molar-refractivity contribution in [3.05, 3.63) is 131 Å². The zero-order chi connectivity index (χ0) is 25.5. The molecule has 0 saturated heterocycles. The molecule has 1 aliphatic heterocycles. The summed E-state index contributed by atoms with van der Waals surface area (Å²) in [7, 11) is 0. The highest BCUT2D eigenvalue weighted by Gasteiger charge is 2.36. The van der Waals surface area contributed by atoms with Crippen molar-refractivity contribution >= 4 is 23.3 Å². The van der Waals surface area contributed by atoms with Crippen LogP contribution >= 0.6 is 11.6 Å². The maximum Gasteiger partial charge on any atom is 0.322 e. The van der Waals surface area contributed by atoms with Crippen molar-refractivity contribution in [2.75, 3.05) is 5.32 Å². The molecular weight excluding hydrogens is 489 g/mol. The number of carbonyl (C=O) groups is 1. The first-order valence-corrected chi connectivity index (χ1v) is 12.3. The summed E-state index contributed by atoms with van der Waals surface area (Å²) in [6.07, 6.45) is 1.99. The van der Waals surface area contributed by atoms with E-state index in [0.29, 0.717) is 17.3 Å². The molecule has 8 heteroatoms. The third kappa shape index (κ3) is 4.17. The molecule has 37 heavy (non-hydrogen) atoms. The van der Waals surface area contributed by atoms with Gasteiger partial charge in [0.2, 0.25) is 0 Å². The minimum atomic E-state index is -0.433. The lowest BCUT2D eigenvalue weighted by Gasteiger charge is -2.31. The van der Waals surface area contributed by atoms with Crippen LogP contribution in [0.5, 0.6) is 0 Å². The van der Waals surface area contributed by atoms with Crippen molar-refractivity contribution in [1.82, 2.24) is 19.2 Å². The third-order valence-corrected chi connectivity index (χ3v) is 6.86. The van der Waals surface area contributed by atoms with Gasteiger partial charge in [-0.3, -0.25) is 0 Å². The molecule has 2 amide bonds. The van der Waals surface area contributed by atoms with Gasteiger partial charge in [-0.05, 0) is 67.1 Å². The van der Waals surface area contributed by atoms with E-state index < -0.39 is 11.9 Å². The highest BCUT2D eigenvalue weighted by atomic mass is 35.5. The zero-order valence-electron chi connectivity index (χ0n) is 20.0. The van der Waals surface area contributed by atoms with E-state index >= 15 is 0 Å². The number of urea groups is 1. The number of anilines is 1. The van der Waals surface area contributed by atoms with Crippen LogP contribution < -0.4 is 5.32 Å². The van der Waals surface area contributed by atoms with Crippen LogP contribution in [-0.4, -0.2) is 25.3 Å². The molecule has 5 aromatic rings. The van der Waals surface area contributed by atoms with Gasteiger partial charge in [0.1, 0.15) is 11.6 Å². The van der Waals surface area contributed by atoms with Crippen LogP contribution in [0.1, 0.15) is 28.6 Å². The Labute approximate surface area is 218 Å². The van der Waals surface area contributed by atoms with Crippen molar-refractivity contribution in [3.8, 4) is 11.5 Å². The Kier molecular flexibility index (Phi) is 5.77. The summed E-state index contributed by atoms with van der Waals surface area (Å²) in [6, 6.07) is 26.5. The van der Waals surface area contributed by atoms with Gasteiger partial charge < -0.3 is 14.8 Å². The highest BCUT2D eigenvalue weighted by Crippen LogP contribution is 2.39. The van der Waals surface area contributed by atoms with E-state index in [4.69, 9.17) is 16.7 Å². The molecule has 0 fully saturated rings. The number of nitrogens with one attached hydrogen (secondary N) is 1. The maximum absolute atomic E-state index is 13.9. The van der Waals surface area contributed by atoms with E-state index in [2.05, 4.69) is 9.88 Å². The predicted molar refractivity (Wildman–Crippen MR) is 142 cm³/mol. The van der Waals surface area contributed by atoms with Crippen LogP contribution in [0.15, 0.2) is 97.2 Å². The Hall–Kier alpha value is -4.36. The second kappa shape index (κ2) is 9.26. The lowest BCUT2D eigenvalue weighted by molar-refractivity contribution is 0.194. The Morgan fingerprint density at radius 2 is 1.78 bits per heavy atom. The summed E-state index contributed by atoms with van der Waals surface area (Å²) < 4.78 is 17.9. The number of aromatic nitrogens is 3. The molecule has 1 unspecified atom stereocenters. The summed E-state index contributed by atoms with van der Waals surface area (Å²) in [5.41, 5.74) is 4.85. The van der Waals surface area contributed by atoms with Crippen LogP contribution in [0, 0.1) is 12.7 Å². The standard InChI is InChI=1S/C29H23ClFN5O/c1-19-25-18-35(29(37)32-23-8-5-7-22(31)17-23)27(20-12-14-21(30)15-13-20)26-11-6-16-34(26)28(25)36(33-19)24-9-3-2-4-10-24/h2-17,27H,18H2,1H3,(H,32,37). The number of hydrogen-bond donors (Lipinski definition) is 1. The first-order chi connectivity index (χ1) is 18.0. The Morgan fingerprint density at radius 3 is 2.54 bits per heavy atom. The molecule has 3 heterocycles. The van der Waals surface area contributed by atoms with Crippen LogP contribution in [0.25, 0.3) is 11.5 Å². The van der Waals surface area contributed by atoms with Crippen molar-refractivity contribution in [2.24, 2.45) is 0 Å². The van der Waals surface area contributed by atoms with Gasteiger partial charge in [-0.1, -0.05) is 48.0 Å². The van der Waals surface area contributed by atoms with E-state index in [-0.39, 0.29) is 6.03 Å². The first-order valence-electron chi connectivity index (χ1n) is 11.9. The van der Waals surface area contributed by atoms with E-state index in [0.717, 1.165) is 34.0 Å². The minimum absolute atomic E-state index is 0.296. The SMILES string of the molecule is Cc1nn(-c2ccccc2)c2c1CN(C(=O)Nc1cccc(F)c1)C(c1ccc(Cl)cc1)c1cccn1-2. The van der Waals surface area contributed by atoms with Gasteiger partial charge in [-0.2, -0.15) is 5.10 Å². The van der Waals surface area contributed by atoms with Gasteiger partial charge in [-0.25, -0.2) is 13.9 Å². The van der Waals surface area contributed by atoms with E-state index in [1.807, 2.05) is 84.5 Å². The minimum Gasteiger partial charge on any atom is -0.308 e. The van der Waals surface area contributed by atoms with Crippen molar-refractivity contribution in [1.29, 1.82) is 0 Å². The van der Waals surface area contributed by atoms with Gasteiger partial charge in [0, 0.05) is 22.5 Å². The summed E-state index contributed by atoms with van der Waals surface area (Å²) >= 11 is 6.20. The van der Waals surface area contributed by atoms with Crippen LogP contribution in [0.4, 0.5) is 14.9 Å². The number of carbonyl (C=O) groups excluding carboxylic acids is 1. The number of benzene rings is 3. The van der Waals surface area contributed by atoms with Gasteiger partial charge in [-0.15, -0.1) is 0 Å². The Balaban J connectivity index is 1.53. The quantitative estimate of drug-likeness (QED) is 0.286. The number of rotatable bonds is 3. The van der Waals surface area contributed by atoms with Crippen molar-refractivity contribution in [3.63, 3.8) is 0 Å². The van der Waals surface area contributed by atoms with E-state index in [1.165, 1.54) is 12.1 Å². The molecule has 1 aliphatic rings. The number of para-hydroxylation sites is 1. The molecule has 2 aromatic heterocycles.